The molecule has 0 N–H and O–H groups in total. The average molecular weight is 279 g/mol. The van der Waals surface area contributed by atoms with Crippen molar-refractivity contribution in [3.63, 3.8) is 0 Å². The van der Waals surface area contributed by atoms with E-state index >= 15 is 0 Å². The Labute approximate surface area is 125 Å². The molecule has 0 aliphatic heterocycles. The molecule has 2 aromatic carbocycles. The Bertz CT molecular complexity index is 676. The highest BCUT2D eigenvalue weighted by Gasteiger charge is 2.14. The van der Waals surface area contributed by atoms with Crippen LogP contribution in [-0.2, 0) is 0 Å². The first-order chi connectivity index (χ1) is 9.83. The van der Waals surface area contributed by atoms with Gasteiger partial charge in [0.05, 0.1) is 0 Å². The van der Waals surface area contributed by atoms with Crippen LogP contribution in [0, 0.1) is 11.8 Å². The van der Waals surface area contributed by atoms with E-state index < -0.39 is 0 Å². The van der Waals surface area contributed by atoms with Crippen LogP contribution in [0.1, 0.15) is 30.4 Å². The normalized spacial score (nSPS) is 13.2. The third kappa shape index (κ3) is 2.95. The van der Waals surface area contributed by atoms with E-state index in [0.717, 1.165) is 10.6 Å². The molecule has 0 atom stereocenters. The van der Waals surface area contributed by atoms with Gasteiger partial charge >= 0.3 is 0 Å². The molecule has 20 heavy (non-hydrogen) atoms. The fraction of sp³-hybridized carbons (Fsp3) is 0.158. The highest BCUT2D eigenvalue weighted by molar-refractivity contribution is 6.30. The first-order valence-corrected chi connectivity index (χ1v) is 7.26. The Morgan fingerprint density at radius 3 is 2.20 bits per heavy atom. The molecule has 0 amide bonds. The van der Waals surface area contributed by atoms with Crippen molar-refractivity contribution in [1.82, 2.24) is 0 Å². The molecule has 1 saturated carbocycles. The van der Waals surface area contributed by atoms with Crippen LogP contribution in [0.15, 0.2) is 60.2 Å². The summed E-state index contributed by atoms with van der Waals surface area (Å²) in [7, 11) is 0. The number of halogens is 1. The topological polar surface area (TPSA) is 0 Å². The van der Waals surface area contributed by atoms with Gasteiger partial charge in [-0.05, 0) is 49.1 Å². The minimum absolute atomic E-state index is 0.766. The molecular weight excluding hydrogens is 264 g/mol. The molecule has 3 rings (SSSR count). The zero-order valence-electron chi connectivity index (χ0n) is 11.2. The first-order valence-electron chi connectivity index (χ1n) is 6.88. The van der Waals surface area contributed by atoms with Gasteiger partial charge in [0.2, 0.25) is 0 Å². The van der Waals surface area contributed by atoms with E-state index in [4.69, 9.17) is 11.6 Å². The van der Waals surface area contributed by atoms with Gasteiger partial charge in [0.1, 0.15) is 0 Å². The van der Waals surface area contributed by atoms with E-state index in [2.05, 4.69) is 24.0 Å². The third-order valence-electron chi connectivity index (χ3n) is 3.55. The van der Waals surface area contributed by atoms with E-state index in [9.17, 15) is 0 Å². The van der Waals surface area contributed by atoms with Crippen LogP contribution in [0.3, 0.4) is 0 Å². The summed E-state index contributed by atoms with van der Waals surface area (Å²) in [6.45, 7) is 0. The second-order valence-electron chi connectivity index (χ2n) is 4.96. The van der Waals surface area contributed by atoms with Gasteiger partial charge in [0.25, 0.3) is 0 Å². The summed E-state index contributed by atoms with van der Waals surface area (Å²) in [4.78, 5) is 0. The fourth-order valence-electron chi connectivity index (χ4n) is 2.24. The van der Waals surface area contributed by atoms with Crippen molar-refractivity contribution in [3.8, 4) is 11.8 Å². The van der Waals surface area contributed by atoms with Gasteiger partial charge in [-0.1, -0.05) is 59.3 Å². The third-order valence-corrected chi connectivity index (χ3v) is 3.80. The molecule has 1 fully saturated rings. The molecule has 0 unspecified atom stereocenters. The Kier molecular flexibility index (Phi) is 3.90. The molecule has 0 nitrogen and oxygen atoms in total. The predicted octanol–water partition coefficient (Wildman–Crippen LogP) is 5.33. The maximum absolute atomic E-state index is 5.96. The monoisotopic (exact) mass is 278 g/mol. The number of hydrogen-bond acceptors (Lipinski definition) is 0. The molecule has 2 aromatic rings. The summed E-state index contributed by atoms with van der Waals surface area (Å²) >= 11 is 5.96. The van der Waals surface area contributed by atoms with E-state index in [1.165, 1.54) is 36.0 Å². The smallest absolute Gasteiger partial charge is 0.0406 e. The van der Waals surface area contributed by atoms with Crippen LogP contribution in [0.5, 0.6) is 0 Å². The summed E-state index contributed by atoms with van der Waals surface area (Å²) in [5, 5.41) is 0.766. The highest BCUT2D eigenvalue weighted by atomic mass is 35.5. The summed E-state index contributed by atoms with van der Waals surface area (Å²) in [6, 6.07) is 18.1. The maximum Gasteiger partial charge on any atom is 0.0406 e. The Morgan fingerprint density at radius 2 is 1.60 bits per heavy atom. The van der Waals surface area contributed by atoms with Crippen LogP contribution < -0.4 is 0 Å². The Balaban J connectivity index is 1.97. The number of hydrogen-bond donors (Lipinski definition) is 0. The minimum Gasteiger partial charge on any atom is -0.0843 e. The van der Waals surface area contributed by atoms with E-state index in [1.54, 1.807) is 0 Å². The van der Waals surface area contributed by atoms with Crippen LogP contribution in [0.4, 0.5) is 0 Å². The van der Waals surface area contributed by atoms with Crippen LogP contribution in [0.25, 0.3) is 5.57 Å². The van der Waals surface area contributed by atoms with Crippen molar-refractivity contribution >= 4 is 17.2 Å². The standard InChI is InChI=1S/C19H15Cl/c20-18-12-10-17(11-13-18)19(16-7-4-8-16)14-9-15-5-2-1-3-6-15/h1-3,5-6,10-13H,4,7-8H2. The van der Waals surface area contributed by atoms with Crippen molar-refractivity contribution in [2.75, 3.05) is 0 Å². The van der Waals surface area contributed by atoms with Gasteiger partial charge in [0, 0.05) is 16.2 Å². The lowest BCUT2D eigenvalue weighted by atomic mass is 9.85. The number of benzene rings is 2. The lowest BCUT2D eigenvalue weighted by molar-refractivity contribution is 0.667. The van der Waals surface area contributed by atoms with Gasteiger partial charge in [0.15, 0.2) is 0 Å². The molecule has 1 heteroatoms. The van der Waals surface area contributed by atoms with E-state index in [-0.39, 0.29) is 0 Å². The summed E-state index contributed by atoms with van der Waals surface area (Å²) in [5.41, 5.74) is 4.87. The summed E-state index contributed by atoms with van der Waals surface area (Å²) in [5.74, 6) is 6.63. The molecular formula is C19H15Cl. The minimum atomic E-state index is 0.766. The molecule has 0 aromatic heterocycles. The van der Waals surface area contributed by atoms with E-state index in [0.29, 0.717) is 0 Å². The zero-order valence-corrected chi connectivity index (χ0v) is 12.0. The number of rotatable bonds is 1. The van der Waals surface area contributed by atoms with Crippen molar-refractivity contribution in [1.29, 1.82) is 0 Å². The highest BCUT2D eigenvalue weighted by Crippen LogP contribution is 2.33. The molecule has 0 bridgehead atoms. The predicted molar refractivity (Wildman–Crippen MR) is 85.5 cm³/mol. The second kappa shape index (κ2) is 5.99. The molecule has 0 spiro atoms. The van der Waals surface area contributed by atoms with Crippen LogP contribution >= 0.6 is 11.6 Å². The lowest BCUT2D eigenvalue weighted by Crippen LogP contribution is -2.00. The molecule has 1 aliphatic carbocycles. The lowest BCUT2D eigenvalue weighted by Gasteiger charge is -2.19. The Hall–Kier alpha value is -1.97. The SMILES string of the molecule is Clc1ccc(C(C#Cc2ccccc2)=C2CCC2)cc1. The molecule has 0 heterocycles. The quantitative estimate of drug-likeness (QED) is 0.619. The van der Waals surface area contributed by atoms with Crippen LogP contribution in [-0.4, -0.2) is 0 Å². The van der Waals surface area contributed by atoms with Crippen molar-refractivity contribution in [2.45, 2.75) is 19.3 Å². The fourth-order valence-corrected chi connectivity index (χ4v) is 2.37. The summed E-state index contributed by atoms with van der Waals surface area (Å²) < 4.78 is 0. The molecule has 0 saturated heterocycles. The van der Waals surface area contributed by atoms with Gasteiger partial charge in [-0.2, -0.15) is 0 Å². The van der Waals surface area contributed by atoms with Gasteiger partial charge in [-0.15, -0.1) is 0 Å². The molecule has 1 aliphatic rings. The maximum atomic E-state index is 5.96. The Morgan fingerprint density at radius 1 is 0.900 bits per heavy atom. The van der Waals surface area contributed by atoms with E-state index in [1.807, 2.05) is 42.5 Å². The van der Waals surface area contributed by atoms with Crippen molar-refractivity contribution in [3.05, 3.63) is 76.3 Å². The average Bonchev–Trinajstić information content (AvgIpc) is 2.43. The van der Waals surface area contributed by atoms with Crippen molar-refractivity contribution < 1.29 is 0 Å². The van der Waals surface area contributed by atoms with Crippen LogP contribution in [0.2, 0.25) is 5.02 Å². The molecule has 98 valence electrons. The van der Waals surface area contributed by atoms with Gasteiger partial charge < -0.3 is 0 Å². The number of allylic oxidation sites excluding steroid dienone is 2. The largest absolute Gasteiger partial charge is 0.0843 e. The summed E-state index contributed by atoms with van der Waals surface area (Å²) in [6.07, 6.45) is 3.61. The van der Waals surface area contributed by atoms with Crippen molar-refractivity contribution in [2.24, 2.45) is 0 Å². The first kappa shape index (κ1) is 13.0. The van der Waals surface area contributed by atoms with Gasteiger partial charge in [-0.25, -0.2) is 0 Å². The zero-order chi connectivity index (χ0) is 13.8. The second-order valence-corrected chi connectivity index (χ2v) is 5.39. The molecule has 0 radical (unpaired) electrons. The van der Waals surface area contributed by atoms with Gasteiger partial charge in [-0.3, -0.25) is 0 Å².